The normalized spacial score (nSPS) is 30.6. The van der Waals surface area contributed by atoms with Crippen LogP contribution in [0.25, 0.3) is 0 Å². The van der Waals surface area contributed by atoms with Gasteiger partial charge in [0.25, 0.3) is 0 Å². The van der Waals surface area contributed by atoms with E-state index in [4.69, 9.17) is 0 Å². The lowest BCUT2D eigenvalue weighted by atomic mass is 9.84. The third-order valence-corrected chi connectivity index (χ3v) is 4.26. The molecule has 0 heteroatoms. The minimum absolute atomic E-state index is 0. The van der Waals surface area contributed by atoms with Gasteiger partial charge in [-0.05, 0) is 30.1 Å². The molecule has 0 radical (unpaired) electrons. The van der Waals surface area contributed by atoms with Gasteiger partial charge in [-0.1, -0.05) is 103 Å². The van der Waals surface area contributed by atoms with Crippen LogP contribution in [0.15, 0.2) is 0 Å². The Morgan fingerprint density at radius 2 is 0.600 bits per heavy atom. The molecule has 130 valence electrons. The van der Waals surface area contributed by atoms with Crippen LogP contribution in [0.5, 0.6) is 0 Å². The molecule has 0 aromatic rings. The second kappa shape index (κ2) is 17.1. The molecular formula is C20H50. The standard InChI is InChI=1S/C8H16.C7H14.5CH4/c1-7-3-5-8(2)6-4-7;1-6-3-4-7(2)5-6;;;;;/h7-8H,3-6H2,1-2H3;6-7H,3-5H2,1-2H3;5*1H4. The Kier molecular flexibility index (Phi) is 27.4. The van der Waals surface area contributed by atoms with Gasteiger partial charge in [0.2, 0.25) is 0 Å². The van der Waals surface area contributed by atoms with E-state index in [1.807, 2.05) is 0 Å². The van der Waals surface area contributed by atoms with Crippen molar-refractivity contribution < 1.29 is 0 Å². The Labute approximate surface area is 134 Å². The van der Waals surface area contributed by atoms with Gasteiger partial charge in [0, 0.05) is 0 Å². The van der Waals surface area contributed by atoms with E-state index in [-0.39, 0.29) is 37.1 Å². The highest BCUT2D eigenvalue weighted by molar-refractivity contribution is 4.68. The molecule has 2 unspecified atom stereocenters. The maximum atomic E-state index is 2.37. The van der Waals surface area contributed by atoms with Crippen molar-refractivity contribution in [1.82, 2.24) is 0 Å². The zero-order chi connectivity index (χ0) is 11.3. The van der Waals surface area contributed by atoms with E-state index < -0.39 is 0 Å². The lowest BCUT2D eigenvalue weighted by molar-refractivity contribution is 0.308. The Hall–Kier alpha value is 0. The molecule has 0 nitrogen and oxygen atoms in total. The van der Waals surface area contributed by atoms with Crippen molar-refractivity contribution in [2.45, 2.75) is 110 Å². The van der Waals surface area contributed by atoms with Crippen LogP contribution in [0.2, 0.25) is 0 Å². The third-order valence-electron chi connectivity index (χ3n) is 4.26. The van der Waals surface area contributed by atoms with Gasteiger partial charge >= 0.3 is 0 Å². The van der Waals surface area contributed by atoms with Crippen LogP contribution in [-0.4, -0.2) is 0 Å². The average molecular weight is 291 g/mol. The van der Waals surface area contributed by atoms with Crippen molar-refractivity contribution in [3.63, 3.8) is 0 Å². The summed E-state index contributed by atoms with van der Waals surface area (Å²) in [4.78, 5) is 0. The quantitative estimate of drug-likeness (QED) is 0.419. The molecule has 2 aliphatic carbocycles. The fraction of sp³-hybridized carbons (Fsp3) is 1.00. The molecule has 2 atom stereocenters. The smallest absolute Gasteiger partial charge is 0.0440 e. The molecule has 20 heavy (non-hydrogen) atoms. The van der Waals surface area contributed by atoms with Gasteiger partial charge in [-0.15, -0.1) is 0 Å². The maximum absolute atomic E-state index is 2.37. The zero-order valence-corrected chi connectivity index (χ0v) is 11.3. The number of rotatable bonds is 0. The molecule has 2 rings (SSSR count). The zero-order valence-electron chi connectivity index (χ0n) is 11.3. The van der Waals surface area contributed by atoms with Crippen LogP contribution in [-0.2, 0) is 0 Å². The minimum Gasteiger partial charge on any atom is -0.0776 e. The molecule has 0 aliphatic heterocycles. The summed E-state index contributed by atoms with van der Waals surface area (Å²) in [5.74, 6) is 4.09. The van der Waals surface area contributed by atoms with Crippen molar-refractivity contribution in [2.75, 3.05) is 0 Å². The van der Waals surface area contributed by atoms with Crippen molar-refractivity contribution in [1.29, 1.82) is 0 Å². The first kappa shape index (κ1) is 32.1. The molecule has 0 amide bonds. The highest BCUT2D eigenvalue weighted by atomic mass is 14.2. The van der Waals surface area contributed by atoms with Crippen molar-refractivity contribution in [3.05, 3.63) is 0 Å². The first-order valence-electron chi connectivity index (χ1n) is 7.08. The van der Waals surface area contributed by atoms with Crippen LogP contribution in [0, 0.1) is 23.7 Å². The largest absolute Gasteiger partial charge is 0.0776 e. The topological polar surface area (TPSA) is 0 Å². The summed E-state index contributed by atoms with van der Waals surface area (Å²) in [6.07, 6.45) is 10.3. The van der Waals surface area contributed by atoms with E-state index in [0.29, 0.717) is 0 Å². The SMILES string of the molecule is C.C.C.C.C.CC1CCC(C)C1.CC1CCC(C)CC1. The molecule has 0 heterocycles. The number of hydrogen-bond acceptors (Lipinski definition) is 0. The summed E-state index contributed by atoms with van der Waals surface area (Å²) in [5, 5.41) is 0. The predicted molar refractivity (Wildman–Crippen MR) is 103 cm³/mol. The van der Waals surface area contributed by atoms with Gasteiger partial charge in [-0.2, -0.15) is 0 Å². The van der Waals surface area contributed by atoms with Crippen molar-refractivity contribution in [2.24, 2.45) is 23.7 Å². The predicted octanol–water partition coefficient (Wildman–Crippen LogP) is 8.46. The van der Waals surface area contributed by atoms with Gasteiger partial charge in [0.05, 0.1) is 0 Å². The Morgan fingerprint density at radius 1 is 0.400 bits per heavy atom. The van der Waals surface area contributed by atoms with Gasteiger partial charge in [0.1, 0.15) is 0 Å². The minimum atomic E-state index is 0. The molecule has 0 aromatic carbocycles. The van der Waals surface area contributed by atoms with Crippen LogP contribution in [0.3, 0.4) is 0 Å². The van der Waals surface area contributed by atoms with E-state index in [0.717, 1.165) is 23.7 Å². The van der Waals surface area contributed by atoms with Crippen LogP contribution in [0.4, 0.5) is 0 Å². The van der Waals surface area contributed by atoms with E-state index in [1.54, 1.807) is 0 Å². The van der Waals surface area contributed by atoms with E-state index >= 15 is 0 Å². The fourth-order valence-corrected chi connectivity index (χ4v) is 2.92. The van der Waals surface area contributed by atoms with E-state index in [9.17, 15) is 0 Å². The van der Waals surface area contributed by atoms with Crippen molar-refractivity contribution in [3.8, 4) is 0 Å². The monoisotopic (exact) mass is 290 g/mol. The highest BCUT2D eigenvalue weighted by Crippen LogP contribution is 2.29. The summed E-state index contributed by atoms with van der Waals surface area (Å²) in [5.41, 5.74) is 0. The summed E-state index contributed by atoms with van der Waals surface area (Å²) >= 11 is 0. The molecular weight excluding hydrogens is 240 g/mol. The van der Waals surface area contributed by atoms with E-state index in [1.165, 1.54) is 44.9 Å². The Morgan fingerprint density at radius 3 is 0.750 bits per heavy atom. The lowest BCUT2D eigenvalue weighted by Gasteiger charge is -2.22. The fourth-order valence-electron chi connectivity index (χ4n) is 2.92. The van der Waals surface area contributed by atoms with Gasteiger partial charge in [0.15, 0.2) is 0 Å². The van der Waals surface area contributed by atoms with Gasteiger partial charge in [-0.25, -0.2) is 0 Å². The second-order valence-corrected chi connectivity index (χ2v) is 6.39. The van der Waals surface area contributed by atoms with Crippen LogP contribution >= 0.6 is 0 Å². The van der Waals surface area contributed by atoms with Crippen LogP contribution < -0.4 is 0 Å². The molecule has 0 aromatic heterocycles. The average Bonchev–Trinajstić information content (AvgIpc) is 2.56. The molecule has 0 N–H and O–H groups in total. The molecule has 2 saturated carbocycles. The third kappa shape index (κ3) is 14.4. The Balaban J connectivity index is -0.0000000603. The second-order valence-electron chi connectivity index (χ2n) is 6.39. The molecule has 0 bridgehead atoms. The van der Waals surface area contributed by atoms with Gasteiger partial charge in [-0.3, -0.25) is 0 Å². The Bertz CT molecular complexity index is 135. The molecule has 0 spiro atoms. The molecule has 2 aliphatic rings. The van der Waals surface area contributed by atoms with E-state index in [2.05, 4.69) is 27.7 Å². The maximum Gasteiger partial charge on any atom is -0.0440 e. The highest BCUT2D eigenvalue weighted by Gasteiger charge is 2.16. The lowest BCUT2D eigenvalue weighted by Crippen LogP contribution is -2.08. The van der Waals surface area contributed by atoms with Gasteiger partial charge < -0.3 is 0 Å². The first-order chi connectivity index (χ1) is 7.08. The summed E-state index contributed by atoms with van der Waals surface area (Å²) in [7, 11) is 0. The summed E-state index contributed by atoms with van der Waals surface area (Å²) in [6, 6.07) is 0. The summed E-state index contributed by atoms with van der Waals surface area (Å²) in [6.45, 7) is 9.44. The first-order valence-corrected chi connectivity index (χ1v) is 7.08. The molecule has 2 fully saturated rings. The molecule has 0 saturated heterocycles. The summed E-state index contributed by atoms with van der Waals surface area (Å²) < 4.78 is 0. The van der Waals surface area contributed by atoms with Crippen LogP contribution in [0.1, 0.15) is 110 Å². The van der Waals surface area contributed by atoms with Crippen molar-refractivity contribution >= 4 is 0 Å². The number of hydrogen-bond donors (Lipinski definition) is 0.